The van der Waals surface area contributed by atoms with E-state index in [1.54, 1.807) is 25.3 Å². The SMILES string of the molecule is COc1cc(C=NNC(=O)c2cc3ccccc3cc2O)ccc1OCc1cccc2ccccc12. The van der Waals surface area contributed by atoms with Crippen molar-refractivity contribution < 1.29 is 19.4 Å². The van der Waals surface area contributed by atoms with E-state index >= 15 is 0 Å². The first-order chi connectivity index (χ1) is 17.6. The van der Waals surface area contributed by atoms with E-state index < -0.39 is 5.91 Å². The molecule has 0 fully saturated rings. The summed E-state index contributed by atoms with van der Waals surface area (Å²) in [6.07, 6.45) is 1.51. The lowest BCUT2D eigenvalue weighted by atomic mass is 10.1. The number of methoxy groups -OCH3 is 1. The highest BCUT2D eigenvalue weighted by Crippen LogP contribution is 2.29. The Hall–Kier alpha value is -4.84. The van der Waals surface area contributed by atoms with Gasteiger partial charge in [-0.05, 0) is 63.0 Å². The Labute approximate surface area is 208 Å². The van der Waals surface area contributed by atoms with Crippen molar-refractivity contribution in [2.75, 3.05) is 7.11 Å². The smallest absolute Gasteiger partial charge is 0.275 e. The van der Waals surface area contributed by atoms with Crippen LogP contribution in [0.4, 0.5) is 0 Å². The minimum Gasteiger partial charge on any atom is -0.507 e. The molecule has 0 saturated heterocycles. The molecule has 5 aromatic carbocycles. The van der Waals surface area contributed by atoms with Gasteiger partial charge >= 0.3 is 0 Å². The van der Waals surface area contributed by atoms with Gasteiger partial charge in [-0.3, -0.25) is 4.79 Å². The Kier molecular flexibility index (Phi) is 6.49. The molecule has 0 radical (unpaired) electrons. The van der Waals surface area contributed by atoms with Crippen LogP contribution < -0.4 is 14.9 Å². The van der Waals surface area contributed by atoms with Gasteiger partial charge in [0, 0.05) is 0 Å². The van der Waals surface area contributed by atoms with E-state index in [1.807, 2.05) is 60.7 Å². The molecule has 178 valence electrons. The fourth-order valence-corrected chi connectivity index (χ4v) is 4.09. The summed E-state index contributed by atoms with van der Waals surface area (Å²) >= 11 is 0. The Morgan fingerprint density at radius 3 is 2.39 bits per heavy atom. The van der Waals surface area contributed by atoms with E-state index in [9.17, 15) is 9.90 Å². The highest BCUT2D eigenvalue weighted by molar-refractivity contribution is 6.01. The van der Waals surface area contributed by atoms with E-state index in [4.69, 9.17) is 9.47 Å². The second-order valence-electron chi connectivity index (χ2n) is 8.25. The summed E-state index contributed by atoms with van der Waals surface area (Å²) in [5.74, 6) is 0.553. The monoisotopic (exact) mass is 476 g/mol. The number of hydrogen-bond donors (Lipinski definition) is 2. The van der Waals surface area contributed by atoms with Gasteiger partial charge in [0.15, 0.2) is 11.5 Å². The number of phenols is 1. The van der Waals surface area contributed by atoms with Crippen molar-refractivity contribution in [1.82, 2.24) is 5.43 Å². The van der Waals surface area contributed by atoms with Gasteiger partial charge in [-0.2, -0.15) is 5.10 Å². The van der Waals surface area contributed by atoms with Crippen molar-refractivity contribution in [3.8, 4) is 17.2 Å². The first-order valence-corrected chi connectivity index (χ1v) is 11.4. The standard InChI is InChI=1S/C30H24N2O4/c1-35-29-15-20(13-14-28(29)36-19-24-11-6-10-21-7-4-5-12-25(21)24)18-31-32-30(34)26-16-22-8-2-3-9-23(22)17-27(26)33/h2-18,33H,19H2,1H3,(H,32,34). The molecular weight excluding hydrogens is 452 g/mol. The summed E-state index contributed by atoms with van der Waals surface area (Å²) in [4.78, 5) is 12.6. The third kappa shape index (κ3) is 4.83. The number of nitrogens with zero attached hydrogens (tertiary/aromatic N) is 1. The zero-order valence-electron chi connectivity index (χ0n) is 19.6. The molecule has 0 saturated carbocycles. The Morgan fingerprint density at radius 1 is 0.861 bits per heavy atom. The average molecular weight is 477 g/mol. The van der Waals surface area contributed by atoms with Crippen molar-refractivity contribution in [3.63, 3.8) is 0 Å². The number of benzene rings is 5. The number of amides is 1. The molecule has 2 N–H and O–H groups in total. The van der Waals surface area contributed by atoms with Gasteiger partial charge in [0.1, 0.15) is 12.4 Å². The van der Waals surface area contributed by atoms with Gasteiger partial charge in [0.05, 0.1) is 18.9 Å². The quantitative estimate of drug-likeness (QED) is 0.221. The first kappa shape index (κ1) is 22.9. The Morgan fingerprint density at radius 2 is 1.58 bits per heavy atom. The molecule has 5 aromatic rings. The molecule has 0 aromatic heterocycles. The number of carbonyl (C=O) groups is 1. The lowest BCUT2D eigenvalue weighted by Gasteiger charge is -2.12. The lowest BCUT2D eigenvalue weighted by molar-refractivity contribution is 0.0952. The molecular formula is C30H24N2O4. The van der Waals surface area contributed by atoms with E-state index in [2.05, 4.69) is 28.7 Å². The van der Waals surface area contributed by atoms with Gasteiger partial charge in [-0.15, -0.1) is 0 Å². The summed E-state index contributed by atoms with van der Waals surface area (Å²) in [5.41, 5.74) is 4.42. The number of aromatic hydroxyl groups is 1. The number of rotatable bonds is 7. The van der Waals surface area contributed by atoms with Crippen molar-refractivity contribution in [3.05, 3.63) is 114 Å². The van der Waals surface area contributed by atoms with Crippen molar-refractivity contribution in [2.24, 2.45) is 5.10 Å². The third-order valence-electron chi connectivity index (χ3n) is 5.94. The number of nitrogens with one attached hydrogen (secondary N) is 1. The van der Waals surface area contributed by atoms with Gasteiger partial charge < -0.3 is 14.6 Å². The first-order valence-electron chi connectivity index (χ1n) is 11.4. The number of ether oxygens (including phenoxy) is 2. The van der Waals surface area contributed by atoms with Gasteiger partial charge in [0.2, 0.25) is 0 Å². The van der Waals surface area contributed by atoms with Crippen molar-refractivity contribution in [2.45, 2.75) is 6.61 Å². The predicted octanol–water partition coefficient (Wildman–Crippen LogP) is 6.05. The number of hydrazone groups is 1. The van der Waals surface area contributed by atoms with Crippen LogP contribution in [0.5, 0.6) is 17.2 Å². The normalized spacial score (nSPS) is 11.1. The number of hydrogen-bond acceptors (Lipinski definition) is 5. The molecule has 0 aliphatic rings. The van der Waals surface area contributed by atoms with Crippen LogP contribution >= 0.6 is 0 Å². The maximum atomic E-state index is 12.6. The molecule has 0 aliphatic heterocycles. The lowest BCUT2D eigenvalue weighted by Crippen LogP contribution is -2.17. The second kappa shape index (κ2) is 10.2. The van der Waals surface area contributed by atoms with Gasteiger partial charge in [-0.1, -0.05) is 66.7 Å². The highest BCUT2D eigenvalue weighted by Gasteiger charge is 2.12. The van der Waals surface area contributed by atoms with E-state index in [1.165, 1.54) is 6.21 Å². The predicted molar refractivity (Wildman–Crippen MR) is 142 cm³/mol. The largest absolute Gasteiger partial charge is 0.507 e. The molecule has 0 aliphatic carbocycles. The molecule has 6 nitrogen and oxygen atoms in total. The Balaban J connectivity index is 1.27. The van der Waals surface area contributed by atoms with Crippen LogP contribution in [0.1, 0.15) is 21.5 Å². The maximum absolute atomic E-state index is 12.6. The van der Waals surface area contributed by atoms with Gasteiger partial charge in [-0.25, -0.2) is 5.43 Å². The summed E-state index contributed by atoms with van der Waals surface area (Å²) in [6, 6.07) is 30.5. The van der Waals surface area contributed by atoms with Gasteiger partial charge in [0.25, 0.3) is 5.91 Å². The van der Waals surface area contributed by atoms with Crippen LogP contribution in [0.3, 0.4) is 0 Å². The van der Waals surface area contributed by atoms with Crippen LogP contribution in [-0.2, 0) is 6.61 Å². The van der Waals surface area contributed by atoms with Crippen LogP contribution in [0.2, 0.25) is 0 Å². The number of phenolic OH excluding ortho intramolecular Hbond substituents is 1. The minimum atomic E-state index is -0.503. The second-order valence-corrected chi connectivity index (χ2v) is 8.25. The molecule has 0 heterocycles. The minimum absolute atomic E-state index is 0.101. The summed E-state index contributed by atoms with van der Waals surface area (Å²) in [5, 5.41) is 18.3. The molecule has 0 unspecified atom stereocenters. The van der Waals surface area contributed by atoms with Crippen molar-refractivity contribution in [1.29, 1.82) is 0 Å². The van der Waals surface area contributed by atoms with Crippen LogP contribution in [0.15, 0.2) is 102 Å². The molecule has 36 heavy (non-hydrogen) atoms. The zero-order chi connectivity index (χ0) is 24.9. The van der Waals surface area contributed by atoms with E-state index in [-0.39, 0.29) is 11.3 Å². The summed E-state index contributed by atoms with van der Waals surface area (Å²) in [6.45, 7) is 0.399. The van der Waals surface area contributed by atoms with E-state index in [0.717, 1.165) is 27.1 Å². The molecule has 5 rings (SSSR count). The summed E-state index contributed by atoms with van der Waals surface area (Å²) in [7, 11) is 1.57. The van der Waals surface area contributed by atoms with E-state index in [0.29, 0.717) is 23.7 Å². The molecule has 1 amide bonds. The van der Waals surface area contributed by atoms with Crippen LogP contribution in [0, 0.1) is 0 Å². The Bertz CT molecular complexity index is 1590. The average Bonchev–Trinajstić information content (AvgIpc) is 2.91. The topological polar surface area (TPSA) is 80.2 Å². The highest BCUT2D eigenvalue weighted by atomic mass is 16.5. The third-order valence-corrected chi connectivity index (χ3v) is 5.94. The van der Waals surface area contributed by atoms with Crippen molar-refractivity contribution >= 4 is 33.7 Å². The molecule has 6 heteroatoms. The molecule has 0 atom stereocenters. The number of carbonyl (C=O) groups excluding carboxylic acids is 1. The molecule has 0 bridgehead atoms. The fraction of sp³-hybridized carbons (Fsp3) is 0.0667. The zero-order valence-corrected chi connectivity index (χ0v) is 19.6. The molecule has 0 spiro atoms. The summed E-state index contributed by atoms with van der Waals surface area (Å²) < 4.78 is 11.6. The number of fused-ring (bicyclic) bond motifs is 2. The van der Waals surface area contributed by atoms with Crippen LogP contribution in [-0.4, -0.2) is 24.3 Å². The fourth-order valence-electron chi connectivity index (χ4n) is 4.09. The van der Waals surface area contributed by atoms with Crippen LogP contribution in [0.25, 0.3) is 21.5 Å². The maximum Gasteiger partial charge on any atom is 0.275 e.